The summed E-state index contributed by atoms with van der Waals surface area (Å²) in [6.07, 6.45) is 0. The maximum Gasteiger partial charge on any atom is 0.254 e. The predicted molar refractivity (Wildman–Crippen MR) is 102 cm³/mol. The lowest BCUT2D eigenvalue weighted by Crippen LogP contribution is -2.35. The highest BCUT2D eigenvalue weighted by Crippen LogP contribution is 2.22. The van der Waals surface area contributed by atoms with Crippen molar-refractivity contribution in [1.82, 2.24) is 4.90 Å². The molecule has 0 saturated carbocycles. The zero-order valence-corrected chi connectivity index (χ0v) is 15.9. The largest absolute Gasteiger partial charge is 0.332 e. The van der Waals surface area contributed by atoms with Gasteiger partial charge in [0.25, 0.3) is 5.91 Å². The van der Waals surface area contributed by atoms with Gasteiger partial charge in [0, 0.05) is 18.3 Å². The Bertz CT molecular complexity index is 802. The van der Waals surface area contributed by atoms with Crippen LogP contribution in [0, 0.1) is 34.6 Å². The van der Waals surface area contributed by atoms with Crippen molar-refractivity contribution in [1.29, 1.82) is 0 Å². The number of benzene rings is 2. The van der Waals surface area contributed by atoms with Crippen LogP contribution in [-0.2, 0) is 4.79 Å². The normalized spacial score (nSPS) is 10.5. The summed E-state index contributed by atoms with van der Waals surface area (Å²) in [7, 11) is 1.65. The summed E-state index contributed by atoms with van der Waals surface area (Å²) in [6.45, 7) is 9.89. The highest BCUT2D eigenvalue weighted by Gasteiger charge is 2.17. The van der Waals surface area contributed by atoms with Gasteiger partial charge in [0.15, 0.2) is 0 Å². The van der Waals surface area contributed by atoms with E-state index in [1.54, 1.807) is 7.05 Å². The number of carbonyl (C=O) groups excluding carboxylic acids is 2. The minimum Gasteiger partial charge on any atom is -0.332 e. The van der Waals surface area contributed by atoms with E-state index >= 15 is 0 Å². The second-order valence-electron chi connectivity index (χ2n) is 6.80. The Hall–Kier alpha value is -2.62. The zero-order chi connectivity index (χ0) is 18.7. The fraction of sp³-hybridized carbons (Fsp3) is 0.333. The molecule has 0 radical (unpaired) electrons. The Morgan fingerprint density at radius 2 is 1.44 bits per heavy atom. The van der Waals surface area contributed by atoms with Gasteiger partial charge in [-0.3, -0.25) is 9.59 Å². The first kappa shape index (κ1) is 18.7. The first-order valence-corrected chi connectivity index (χ1v) is 8.39. The second-order valence-corrected chi connectivity index (χ2v) is 6.80. The molecule has 4 nitrogen and oxygen atoms in total. The first-order valence-electron chi connectivity index (χ1n) is 8.39. The third kappa shape index (κ3) is 4.47. The van der Waals surface area contributed by atoms with Gasteiger partial charge in [0.1, 0.15) is 0 Å². The van der Waals surface area contributed by atoms with Crippen LogP contribution in [0.25, 0.3) is 0 Å². The number of nitrogens with zero attached hydrogens (tertiary/aromatic N) is 1. The minimum absolute atomic E-state index is 0.0128. The van der Waals surface area contributed by atoms with Gasteiger partial charge in [-0.05, 0) is 57.4 Å². The number of aryl methyl sites for hydroxylation is 5. The molecule has 0 atom stereocenters. The van der Waals surface area contributed by atoms with Crippen molar-refractivity contribution in [3.05, 3.63) is 63.7 Å². The Morgan fingerprint density at radius 3 is 2.00 bits per heavy atom. The van der Waals surface area contributed by atoms with Crippen molar-refractivity contribution >= 4 is 17.5 Å². The van der Waals surface area contributed by atoms with Gasteiger partial charge >= 0.3 is 0 Å². The molecule has 132 valence electrons. The Morgan fingerprint density at radius 1 is 0.880 bits per heavy atom. The number of likely N-dealkylation sites (N-methyl/N-ethyl adjacent to an activating group) is 1. The third-order valence-electron chi connectivity index (χ3n) is 4.28. The number of nitrogens with one attached hydrogen (secondary N) is 1. The summed E-state index contributed by atoms with van der Waals surface area (Å²) in [5.74, 6) is -0.347. The van der Waals surface area contributed by atoms with E-state index < -0.39 is 0 Å². The van der Waals surface area contributed by atoms with E-state index in [2.05, 4.69) is 5.32 Å². The standard InChI is InChI=1S/C21H26N2O2/c1-13-7-8-18(15(3)9-13)21(25)23(6)12-19(24)22-20-16(4)10-14(2)11-17(20)5/h7-11H,12H2,1-6H3,(H,22,24). The minimum atomic E-state index is -0.198. The maximum atomic E-state index is 12.6. The highest BCUT2D eigenvalue weighted by molar-refractivity contribution is 6.00. The van der Waals surface area contributed by atoms with Crippen LogP contribution in [0.1, 0.15) is 38.2 Å². The summed E-state index contributed by atoms with van der Waals surface area (Å²) < 4.78 is 0. The van der Waals surface area contributed by atoms with Crippen LogP contribution in [0.5, 0.6) is 0 Å². The van der Waals surface area contributed by atoms with Crippen molar-refractivity contribution in [2.24, 2.45) is 0 Å². The summed E-state index contributed by atoms with van der Waals surface area (Å²) in [4.78, 5) is 26.4. The third-order valence-corrected chi connectivity index (χ3v) is 4.28. The molecule has 0 heterocycles. The van der Waals surface area contributed by atoms with Crippen molar-refractivity contribution in [2.75, 3.05) is 18.9 Å². The second kappa shape index (κ2) is 7.51. The van der Waals surface area contributed by atoms with Gasteiger partial charge in [-0.2, -0.15) is 0 Å². The average Bonchev–Trinajstić information content (AvgIpc) is 2.50. The van der Waals surface area contributed by atoms with Gasteiger partial charge in [-0.1, -0.05) is 35.4 Å². The van der Waals surface area contributed by atoms with E-state index in [1.807, 2.05) is 65.0 Å². The molecule has 0 unspecified atom stereocenters. The molecule has 2 rings (SSSR count). The fourth-order valence-electron chi connectivity index (χ4n) is 3.10. The van der Waals surface area contributed by atoms with E-state index in [0.717, 1.165) is 33.5 Å². The number of carbonyl (C=O) groups is 2. The van der Waals surface area contributed by atoms with Crippen molar-refractivity contribution in [3.63, 3.8) is 0 Å². The molecule has 0 aromatic heterocycles. The van der Waals surface area contributed by atoms with Gasteiger partial charge in [0.05, 0.1) is 6.54 Å². The molecule has 2 aromatic rings. The Labute approximate surface area is 149 Å². The highest BCUT2D eigenvalue weighted by atomic mass is 16.2. The summed E-state index contributed by atoms with van der Waals surface area (Å²) in [5, 5.41) is 2.93. The molecule has 1 N–H and O–H groups in total. The summed E-state index contributed by atoms with van der Waals surface area (Å²) in [6, 6.07) is 9.77. The molecule has 0 fully saturated rings. The maximum absolute atomic E-state index is 12.6. The van der Waals surface area contributed by atoms with Crippen LogP contribution in [0.4, 0.5) is 5.69 Å². The molecule has 2 aromatic carbocycles. The molecule has 25 heavy (non-hydrogen) atoms. The van der Waals surface area contributed by atoms with Gasteiger partial charge in [0.2, 0.25) is 5.91 Å². The van der Waals surface area contributed by atoms with Crippen LogP contribution in [0.3, 0.4) is 0 Å². The van der Waals surface area contributed by atoms with E-state index in [1.165, 1.54) is 4.90 Å². The average molecular weight is 338 g/mol. The lowest BCUT2D eigenvalue weighted by molar-refractivity contribution is -0.116. The molecular formula is C21H26N2O2. The van der Waals surface area contributed by atoms with Crippen molar-refractivity contribution < 1.29 is 9.59 Å². The topological polar surface area (TPSA) is 49.4 Å². The lowest BCUT2D eigenvalue weighted by atomic mass is 10.0. The van der Waals surface area contributed by atoms with E-state index in [0.29, 0.717) is 5.56 Å². The Balaban J connectivity index is 2.09. The van der Waals surface area contributed by atoms with Gasteiger partial charge < -0.3 is 10.2 Å². The van der Waals surface area contributed by atoms with Crippen LogP contribution in [0.2, 0.25) is 0 Å². The van der Waals surface area contributed by atoms with Crippen LogP contribution >= 0.6 is 0 Å². The smallest absolute Gasteiger partial charge is 0.254 e. The number of hydrogen-bond acceptors (Lipinski definition) is 2. The van der Waals surface area contributed by atoms with Gasteiger partial charge in [-0.25, -0.2) is 0 Å². The number of amides is 2. The van der Waals surface area contributed by atoms with Crippen LogP contribution in [0.15, 0.2) is 30.3 Å². The Kier molecular flexibility index (Phi) is 5.62. The molecule has 4 heteroatoms. The monoisotopic (exact) mass is 338 g/mol. The first-order chi connectivity index (χ1) is 11.7. The van der Waals surface area contributed by atoms with Crippen LogP contribution in [-0.4, -0.2) is 30.3 Å². The van der Waals surface area contributed by atoms with Crippen molar-refractivity contribution in [3.8, 4) is 0 Å². The van der Waals surface area contributed by atoms with Crippen molar-refractivity contribution in [2.45, 2.75) is 34.6 Å². The number of anilines is 1. The molecular weight excluding hydrogens is 312 g/mol. The summed E-state index contributed by atoms with van der Waals surface area (Å²) in [5.41, 5.74) is 6.69. The molecule has 0 aliphatic carbocycles. The lowest BCUT2D eigenvalue weighted by Gasteiger charge is -2.19. The molecule has 0 spiro atoms. The SMILES string of the molecule is Cc1ccc(C(=O)N(C)CC(=O)Nc2c(C)cc(C)cc2C)c(C)c1. The van der Waals surface area contributed by atoms with Crippen LogP contribution < -0.4 is 5.32 Å². The van der Waals surface area contributed by atoms with E-state index in [-0.39, 0.29) is 18.4 Å². The fourth-order valence-corrected chi connectivity index (χ4v) is 3.10. The van der Waals surface area contributed by atoms with Gasteiger partial charge in [-0.15, -0.1) is 0 Å². The zero-order valence-electron chi connectivity index (χ0n) is 15.9. The molecule has 0 aliphatic heterocycles. The number of rotatable bonds is 4. The predicted octanol–water partition coefficient (Wildman–Crippen LogP) is 3.94. The number of hydrogen-bond donors (Lipinski definition) is 1. The molecule has 0 saturated heterocycles. The van der Waals surface area contributed by atoms with E-state index in [9.17, 15) is 9.59 Å². The molecule has 0 bridgehead atoms. The molecule has 0 aliphatic rings. The van der Waals surface area contributed by atoms with E-state index in [4.69, 9.17) is 0 Å². The quantitative estimate of drug-likeness (QED) is 0.918. The summed E-state index contributed by atoms with van der Waals surface area (Å²) >= 11 is 0. The molecule has 2 amide bonds.